The number of carbonyl (C=O) groups is 2. The molecule has 1 atom stereocenters. The van der Waals surface area contributed by atoms with Gasteiger partial charge >= 0.3 is 12.1 Å². The number of terminal acetylenes is 1. The maximum Gasteiger partial charge on any atom is 0.436 e. The summed E-state index contributed by atoms with van der Waals surface area (Å²) in [6, 6.07) is 6.72. The number of aliphatic imine (C=N–C) groups is 1. The Morgan fingerprint density at radius 3 is 2.50 bits per heavy atom. The Balaban J connectivity index is 2.28. The number of aliphatic hydroxyl groups excluding tert-OH is 1. The average Bonchev–Trinajstić information content (AvgIpc) is 2.81. The third kappa shape index (κ3) is 7.11. The highest BCUT2D eigenvalue weighted by Gasteiger charge is 2.26. The standard InChI is InChI=1S/C23H24FN3O7/c1-3-10-34-23(31)27-21(25)14-5-7-15(8-6-14)26-20(22(29)30)16-12-18(32-4-2)19(13-17(16)24)33-11-9-28/h1,5-8,12-13,20,26,28H,4,9-11H2,2H3,(H,29,30)(H2,25,27,31). The molecule has 0 aliphatic carbocycles. The summed E-state index contributed by atoms with van der Waals surface area (Å²) in [4.78, 5) is 27.0. The van der Waals surface area contributed by atoms with Gasteiger partial charge in [0.25, 0.3) is 0 Å². The van der Waals surface area contributed by atoms with Crippen LogP contribution in [0.1, 0.15) is 24.1 Å². The number of hydrogen-bond donors (Lipinski definition) is 4. The summed E-state index contributed by atoms with van der Waals surface area (Å²) >= 11 is 0. The van der Waals surface area contributed by atoms with Gasteiger partial charge in [0.15, 0.2) is 24.1 Å². The number of amidine groups is 1. The van der Waals surface area contributed by atoms with E-state index in [0.717, 1.165) is 6.07 Å². The summed E-state index contributed by atoms with van der Waals surface area (Å²) in [7, 11) is 0. The highest BCUT2D eigenvalue weighted by molar-refractivity contribution is 6.03. The quantitative estimate of drug-likeness (QED) is 0.219. The third-order valence-electron chi connectivity index (χ3n) is 4.25. The van der Waals surface area contributed by atoms with Gasteiger partial charge in [-0.25, -0.2) is 14.0 Å². The minimum Gasteiger partial charge on any atom is -0.490 e. The second kappa shape index (κ2) is 12.7. The van der Waals surface area contributed by atoms with Crippen molar-refractivity contribution >= 4 is 23.6 Å². The van der Waals surface area contributed by atoms with Crippen molar-refractivity contribution in [2.75, 3.05) is 31.7 Å². The van der Waals surface area contributed by atoms with Crippen LogP contribution in [0.5, 0.6) is 11.5 Å². The van der Waals surface area contributed by atoms with Gasteiger partial charge in [-0.2, -0.15) is 4.99 Å². The Morgan fingerprint density at radius 2 is 1.91 bits per heavy atom. The molecule has 0 aliphatic heterocycles. The third-order valence-corrected chi connectivity index (χ3v) is 4.25. The molecular weight excluding hydrogens is 449 g/mol. The summed E-state index contributed by atoms with van der Waals surface area (Å²) in [6.45, 7) is 1.32. The van der Waals surface area contributed by atoms with Gasteiger partial charge in [0.1, 0.15) is 18.3 Å². The fourth-order valence-electron chi connectivity index (χ4n) is 2.78. The van der Waals surface area contributed by atoms with Crippen LogP contribution in [0.4, 0.5) is 14.9 Å². The maximum absolute atomic E-state index is 14.8. The molecule has 5 N–H and O–H groups in total. The number of rotatable bonds is 11. The molecule has 10 nitrogen and oxygen atoms in total. The average molecular weight is 473 g/mol. The summed E-state index contributed by atoms with van der Waals surface area (Å²) in [5.41, 5.74) is 6.27. The Bertz CT molecular complexity index is 1080. The second-order valence-electron chi connectivity index (χ2n) is 6.57. The van der Waals surface area contributed by atoms with E-state index in [1.807, 2.05) is 0 Å². The summed E-state index contributed by atoms with van der Waals surface area (Å²) < 4.78 is 30.1. The number of aliphatic carboxylic acids is 1. The van der Waals surface area contributed by atoms with Gasteiger partial charge in [-0.1, -0.05) is 5.92 Å². The molecule has 0 aromatic heterocycles. The molecule has 2 aromatic rings. The largest absolute Gasteiger partial charge is 0.490 e. The number of nitrogens with one attached hydrogen (secondary N) is 1. The molecule has 2 rings (SSSR count). The predicted molar refractivity (Wildman–Crippen MR) is 121 cm³/mol. The molecule has 0 spiro atoms. The van der Waals surface area contributed by atoms with Crippen LogP contribution in [0.25, 0.3) is 0 Å². The molecule has 0 saturated heterocycles. The van der Waals surface area contributed by atoms with Crippen molar-refractivity contribution in [1.82, 2.24) is 0 Å². The first-order valence-corrected chi connectivity index (χ1v) is 10.0. The van der Waals surface area contributed by atoms with Gasteiger partial charge < -0.3 is 35.5 Å². The number of hydrogen-bond acceptors (Lipinski definition) is 7. The monoisotopic (exact) mass is 473 g/mol. The van der Waals surface area contributed by atoms with Crippen molar-refractivity contribution < 1.29 is 38.4 Å². The molecule has 11 heteroatoms. The molecule has 1 unspecified atom stereocenters. The van der Waals surface area contributed by atoms with Crippen LogP contribution in [0.2, 0.25) is 0 Å². The highest BCUT2D eigenvalue weighted by atomic mass is 19.1. The zero-order valence-electron chi connectivity index (χ0n) is 18.3. The van der Waals surface area contributed by atoms with Crippen LogP contribution in [0.15, 0.2) is 41.4 Å². The van der Waals surface area contributed by atoms with Gasteiger partial charge in [-0.15, -0.1) is 6.42 Å². The van der Waals surface area contributed by atoms with E-state index in [4.69, 9.17) is 26.7 Å². The Kier molecular flexibility index (Phi) is 9.67. The number of carbonyl (C=O) groups excluding carboxylic acids is 1. The topological polar surface area (TPSA) is 153 Å². The zero-order chi connectivity index (χ0) is 25.1. The molecule has 0 heterocycles. The molecule has 0 fully saturated rings. The lowest BCUT2D eigenvalue weighted by molar-refractivity contribution is -0.138. The minimum atomic E-state index is -1.47. The fourth-order valence-corrected chi connectivity index (χ4v) is 2.78. The smallest absolute Gasteiger partial charge is 0.436 e. The molecule has 1 amide bonds. The van der Waals surface area contributed by atoms with E-state index in [2.05, 4.69) is 21.0 Å². The number of benzene rings is 2. The predicted octanol–water partition coefficient (Wildman–Crippen LogP) is 2.31. The molecule has 0 bridgehead atoms. The fraction of sp³-hybridized carbons (Fsp3) is 0.261. The van der Waals surface area contributed by atoms with Crippen molar-refractivity contribution in [1.29, 1.82) is 0 Å². The van der Waals surface area contributed by atoms with Crippen LogP contribution in [-0.2, 0) is 9.53 Å². The van der Waals surface area contributed by atoms with Crippen LogP contribution >= 0.6 is 0 Å². The van der Waals surface area contributed by atoms with Gasteiger partial charge in [0.05, 0.1) is 13.2 Å². The molecule has 0 saturated carbocycles. The van der Waals surface area contributed by atoms with Crippen molar-refractivity contribution in [3.8, 4) is 23.8 Å². The van der Waals surface area contributed by atoms with E-state index in [0.29, 0.717) is 11.3 Å². The first kappa shape index (κ1) is 26.0. The number of carboxylic acids is 1. The lowest BCUT2D eigenvalue weighted by Gasteiger charge is -2.20. The summed E-state index contributed by atoms with van der Waals surface area (Å²) in [5.74, 6) is -0.00585. The zero-order valence-corrected chi connectivity index (χ0v) is 18.3. The molecule has 0 aliphatic rings. The SMILES string of the molecule is C#CCOC(=O)/N=C(\N)c1ccc(NC(C(=O)O)c2cc(OCC)c(OCCO)cc2F)cc1. The number of halogens is 1. The van der Waals surface area contributed by atoms with Crippen molar-refractivity contribution in [2.24, 2.45) is 10.7 Å². The number of ether oxygens (including phenoxy) is 3. The number of carboxylic acid groups (broad SMARTS) is 1. The summed E-state index contributed by atoms with van der Waals surface area (Å²) in [5, 5.41) is 21.4. The number of anilines is 1. The molecular formula is C23H24FN3O7. The Morgan fingerprint density at radius 1 is 1.24 bits per heavy atom. The number of nitrogens with zero attached hydrogens (tertiary/aromatic N) is 1. The van der Waals surface area contributed by atoms with E-state index in [1.165, 1.54) is 30.3 Å². The van der Waals surface area contributed by atoms with Gasteiger partial charge in [0, 0.05) is 22.9 Å². The number of aliphatic hydroxyl groups is 1. The lowest BCUT2D eigenvalue weighted by atomic mass is 10.0. The molecule has 2 aromatic carbocycles. The first-order valence-electron chi connectivity index (χ1n) is 10.0. The van der Waals surface area contributed by atoms with Crippen LogP contribution in [0.3, 0.4) is 0 Å². The van der Waals surface area contributed by atoms with Crippen molar-refractivity contribution in [3.63, 3.8) is 0 Å². The van der Waals surface area contributed by atoms with Gasteiger partial charge in [-0.05, 0) is 37.3 Å². The maximum atomic E-state index is 14.8. The number of nitrogens with two attached hydrogens (primary N) is 1. The van der Waals surface area contributed by atoms with Gasteiger partial charge in [0.2, 0.25) is 0 Å². The van der Waals surface area contributed by atoms with Gasteiger partial charge in [-0.3, -0.25) is 0 Å². The molecule has 34 heavy (non-hydrogen) atoms. The Hall–Kier alpha value is -4.30. The van der Waals surface area contributed by atoms with E-state index in [9.17, 15) is 19.1 Å². The van der Waals surface area contributed by atoms with E-state index in [1.54, 1.807) is 6.92 Å². The van der Waals surface area contributed by atoms with Crippen molar-refractivity contribution in [2.45, 2.75) is 13.0 Å². The number of amides is 1. The molecule has 180 valence electrons. The minimum absolute atomic E-state index is 0.0428. The van der Waals surface area contributed by atoms with E-state index in [-0.39, 0.29) is 49.3 Å². The summed E-state index contributed by atoms with van der Waals surface area (Å²) in [6.07, 6.45) is 4.05. The van der Waals surface area contributed by atoms with Crippen molar-refractivity contribution in [3.05, 3.63) is 53.3 Å². The van der Waals surface area contributed by atoms with Crippen LogP contribution in [0, 0.1) is 18.2 Å². The lowest BCUT2D eigenvalue weighted by Crippen LogP contribution is -2.22. The van der Waals surface area contributed by atoms with Crippen LogP contribution < -0.4 is 20.5 Å². The van der Waals surface area contributed by atoms with E-state index < -0.39 is 23.9 Å². The normalized spacial score (nSPS) is 11.8. The van der Waals surface area contributed by atoms with Crippen LogP contribution in [-0.4, -0.2) is 54.5 Å². The van der Waals surface area contributed by atoms with E-state index >= 15 is 0 Å². The molecule has 0 radical (unpaired) electrons. The first-order chi connectivity index (χ1) is 16.3. The Labute approximate surface area is 195 Å². The highest BCUT2D eigenvalue weighted by Crippen LogP contribution is 2.34. The second-order valence-corrected chi connectivity index (χ2v) is 6.57.